The number of hydrogen-bond acceptors (Lipinski definition) is 2. The Labute approximate surface area is 153 Å². The molecule has 1 amide bonds. The number of thiazole rings is 1. The molecule has 1 heterocycles. The number of benzene rings is 2. The van der Waals surface area contributed by atoms with Gasteiger partial charge in [-0.2, -0.15) is 4.99 Å². The molecule has 122 valence electrons. The maximum absolute atomic E-state index is 12.4. The molecule has 0 atom stereocenters. The summed E-state index contributed by atoms with van der Waals surface area (Å²) in [5.74, 6) is -0.306. The van der Waals surface area contributed by atoms with Crippen LogP contribution in [0.4, 0.5) is 0 Å². The van der Waals surface area contributed by atoms with Crippen molar-refractivity contribution in [3.05, 3.63) is 75.0 Å². The summed E-state index contributed by atoms with van der Waals surface area (Å²) in [4.78, 5) is 17.4. The van der Waals surface area contributed by atoms with Gasteiger partial charge in [-0.1, -0.05) is 40.6 Å². The van der Waals surface area contributed by atoms with Gasteiger partial charge in [0.05, 0.1) is 10.2 Å². The standard InChI is InChI=1S/C18H14Cl2N2OS/c1-3-10-22-16-11(2)14(20)8-9-15(16)24-18(22)21-17(23)12-4-6-13(19)7-5-12/h3-9H,1,10H2,2H3. The third-order valence-electron chi connectivity index (χ3n) is 3.63. The van der Waals surface area contributed by atoms with Crippen molar-refractivity contribution in [3.8, 4) is 0 Å². The molecule has 3 aromatic rings. The van der Waals surface area contributed by atoms with E-state index in [-0.39, 0.29) is 5.91 Å². The molecule has 0 saturated heterocycles. The van der Waals surface area contributed by atoms with Crippen LogP contribution in [0.25, 0.3) is 10.2 Å². The van der Waals surface area contributed by atoms with Gasteiger partial charge in [-0.3, -0.25) is 4.79 Å². The molecule has 3 nitrogen and oxygen atoms in total. The van der Waals surface area contributed by atoms with Crippen molar-refractivity contribution < 1.29 is 4.79 Å². The first-order chi connectivity index (χ1) is 11.5. The molecule has 0 N–H and O–H groups in total. The molecule has 6 heteroatoms. The van der Waals surface area contributed by atoms with Gasteiger partial charge in [-0.15, -0.1) is 6.58 Å². The molecule has 0 aliphatic carbocycles. The van der Waals surface area contributed by atoms with E-state index < -0.39 is 0 Å². The van der Waals surface area contributed by atoms with Crippen molar-refractivity contribution in [2.24, 2.45) is 4.99 Å². The highest BCUT2D eigenvalue weighted by Gasteiger charge is 2.12. The number of carbonyl (C=O) groups excluding carboxylic acids is 1. The molecule has 1 aromatic heterocycles. The van der Waals surface area contributed by atoms with Gasteiger partial charge in [0, 0.05) is 22.2 Å². The van der Waals surface area contributed by atoms with Crippen LogP contribution >= 0.6 is 34.5 Å². The van der Waals surface area contributed by atoms with E-state index >= 15 is 0 Å². The highest BCUT2D eigenvalue weighted by Crippen LogP contribution is 2.27. The fourth-order valence-corrected chi connectivity index (χ4v) is 3.82. The summed E-state index contributed by atoms with van der Waals surface area (Å²) in [5, 5.41) is 1.27. The SMILES string of the molecule is C=CCn1c(=NC(=O)c2ccc(Cl)cc2)sc2ccc(Cl)c(C)c21. The molecule has 0 fully saturated rings. The van der Waals surface area contributed by atoms with Crippen LogP contribution in [-0.4, -0.2) is 10.5 Å². The highest BCUT2D eigenvalue weighted by atomic mass is 35.5. The summed E-state index contributed by atoms with van der Waals surface area (Å²) >= 11 is 13.6. The number of hydrogen-bond donors (Lipinski definition) is 0. The first-order valence-corrected chi connectivity index (χ1v) is 8.82. The van der Waals surface area contributed by atoms with Crippen LogP contribution in [0, 0.1) is 6.92 Å². The first-order valence-electron chi connectivity index (χ1n) is 7.25. The zero-order valence-electron chi connectivity index (χ0n) is 12.9. The summed E-state index contributed by atoms with van der Waals surface area (Å²) in [7, 11) is 0. The zero-order valence-corrected chi connectivity index (χ0v) is 15.3. The van der Waals surface area contributed by atoms with Crippen LogP contribution in [0.3, 0.4) is 0 Å². The Morgan fingerprint density at radius 1 is 1.25 bits per heavy atom. The Balaban J connectivity index is 2.19. The summed E-state index contributed by atoms with van der Waals surface area (Å²) in [6.07, 6.45) is 1.78. The van der Waals surface area contributed by atoms with E-state index in [0.29, 0.717) is 27.0 Å². The van der Waals surface area contributed by atoms with Gasteiger partial charge in [0.1, 0.15) is 0 Å². The summed E-state index contributed by atoms with van der Waals surface area (Å²) < 4.78 is 2.99. The fourth-order valence-electron chi connectivity index (χ4n) is 2.44. The normalized spacial score (nSPS) is 11.9. The molecule has 3 rings (SSSR count). The molecular formula is C18H14Cl2N2OS. The van der Waals surface area contributed by atoms with Crippen LogP contribution in [0.5, 0.6) is 0 Å². The smallest absolute Gasteiger partial charge is 0.279 e. The number of fused-ring (bicyclic) bond motifs is 1. The lowest BCUT2D eigenvalue weighted by Gasteiger charge is -2.05. The predicted molar refractivity (Wildman–Crippen MR) is 101 cm³/mol. The van der Waals surface area contributed by atoms with E-state index in [4.69, 9.17) is 23.2 Å². The summed E-state index contributed by atoms with van der Waals surface area (Å²) in [6, 6.07) is 10.5. The van der Waals surface area contributed by atoms with Crippen LogP contribution in [0.1, 0.15) is 15.9 Å². The number of halogens is 2. The minimum absolute atomic E-state index is 0.306. The zero-order chi connectivity index (χ0) is 17.3. The van der Waals surface area contributed by atoms with Crippen molar-refractivity contribution in [2.75, 3.05) is 0 Å². The number of nitrogens with zero attached hydrogens (tertiary/aromatic N) is 2. The Kier molecular flexibility index (Phi) is 4.90. The fraction of sp³-hybridized carbons (Fsp3) is 0.111. The van der Waals surface area contributed by atoms with Gasteiger partial charge in [-0.05, 0) is 48.9 Å². The molecule has 0 unspecified atom stereocenters. The van der Waals surface area contributed by atoms with Crippen molar-refractivity contribution >= 4 is 50.7 Å². The second kappa shape index (κ2) is 6.93. The maximum Gasteiger partial charge on any atom is 0.279 e. The number of rotatable bonds is 3. The second-order valence-corrected chi connectivity index (χ2v) is 7.08. The Morgan fingerprint density at radius 3 is 2.62 bits per heavy atom. The van der Waals surface area contributed by atoms with E-state index in [1.807, 2.05) is 23.6 Å². The largest absolute Gasteiger partial charge is 0.312 e. The molecule has 0 radical (unpaired) electrons. The molecule has 0 aliphatic rings. The number of carbonyl (C=O) groups is 1. The van der Waals surface area contributed by atoms with Crippen molar-refractivity contribution in [1.82, 2.24) is 4.57 Å². The Hall–Kier alpha value is -1.88. The minimum Gasteiger partial charge on any atom is -0.312 e. The van der Waals surface area contributed by atoms with E-state index in [9.17, 15) is 4.79 Å². The molecule has 0 saturated carbocycles. The van der Waals surface area contributed by atoms with E-state index in [0.717, 1.165) is 15.8 Å². The average molecular weight is 377 g/mol. The maximum atomic E-state index is 12.4. The number of aromatic nitrogens is 1. The molecule has 0 aliphatic heterocycles. The minimum atomic E-state index is -0.306. The lowest BCUT2D eigenvalue weighted by atomic mass is 10.2. The molecule has 0 spiro atoms. The van der Waals surface area contributed by atoms with Crippen molar-refractivity contribution in [1.29, 1.82) is 0 Å². The van der Waals surface area contributed by atoms with Crippen molar-refractivity contribution in [2.45, 2.75) is 13.5 Å². The molecule has 0 bridgehead atoms. The van der Waals surface area contributed by atoms with Crippen LogP contribution < -0.4 is 4.80 Å². The number of amides is 1. The summed E-state index contributed by atoms with van der Waals surface area (Å²) in [5.41, 5.74) is 2.44. The van der Waals surface area contributed by atoms with E-state index in [2.05, 4.69) is 11.6 Å². The van der Waals surface area contributed by atoms with Gasteiger partial charge < -0.3 is 4.57 Å². The predicted octanol–water partition coefficient (Wildman–Crippen LogP) is 5.25. The Bertz CT molecular complexity index is 1000. The average Bonchev–Trinajstić information content (AvgIpc) is 2.90. The van der Waals surface area contributed by atoms with Crippen LogP contribution in [0.2, 0.25) is 10.0 Å². The summed E-state index contributed by atoms with van der Waals surface area (Å²) in [6.45, 7) is 6.30. The van der Waals surface area contributed by atoms with Gasteiger partial charge in [0.15, 0.2) is 4.80 Å². The molecule has 2 aromatic carbocycles. The van der Waals surface area contributed by atoms with Crippen LogP contribution in [0.15, 0.2) is 54.0 Å². The van der Waals surface area contributed by atoms with Gasteiger partial charge in [0.25, 0.3) is 5.91 Å². The van der Waals surface area contributed by atoms with Crippen LogP contribution in [-0.2, 0) is 6.54 Å². The Morgan fingerprint density at radius 2 is 1.96 bits per heavy atom. The molecule has 24 heavy (non-hydrogen) atoms. The first kappa shape index (κ1) is 17.0. The van der Waals surface area contributed by atoms with E-state index in [1.54, 1.807) is 30.3 Å². The topological polar surface area (TPSA) is 34.4 Å². The third-order valence-corrected chi connectivity index (χ3v) is 5.34. The van der Waals surface area contributed by atoms with Gasteiger partial charge >= 0.3 is 0 Å². The quantitative estimate of drug-likeness (QED) is 0.575. The van der Waals surface area contributed by atoms with Gasteiger partial charge in [-0.25, -0.2) is 0 Å². The van der Waals surface area contributed by atoms with E-state index in [1.165, 1.54) is 11.3 Å². The second-order valence-electron chi connectivity index (χ2n) is 5.23. The number of aryl methyl sites for hydroxylation is 1. The van der Waals surface area contributed by atoms with Gasteiger partial charge in [0.2, 0.25) is 0 Å². The molecular weight excluding hydrogens is 363 g/mol. The highest BCUT2D eigenvalue weighted by molar-refractivity contribution is 7.16. The third kappa shape index (κ3) is 3.18. The monoisotopic (exact) mass is 376 g/mol. The van der Waals surface area contributed by atoms with Crippen molar-refractivity contribution in [3.63, 3.8) is 0 Å². The lowest BCUT2D eigenvalue weighted by molar-refractivity contribution is 0.0998. The number of allylic oxidation sites excluding steroid dienone is 1. The lowest BCUT2D eigenvalue weighted by Crippen LogP contribution is -2.16.